The largest absolute Gasteiger partial charge is 0.355 e. The first-order valence-corrected chi connectivity index (χ1v) is 11.6. The van der Waals surface area contributed by atoms with E-state index in [1.165, 1.54) is 19.3 Å². The van der Waals surface area contributed by atoms with E-state index in [4.69, 9.17) is 0 Å². The fraction of sp³-hybridized carbons (Fsp3) is 0.458. The Hall–Kier alpha value is -3.49. The molecule has 2 aromatic rings. The molecule has 33 heavy (non-hydrogen) atoms. The highest BCUT2D eigenvalue weighted by atomic mass is 16.2. The third-order valence-electron chi connectivity index (χ3n) is 6.80. The summed E-state index contributed by atoms with van der Waals surface area (Å²) in [6, 6.07) is 9.88. The second-order valence-electron chi connectivity index (χ2n) is 8.81. The highest BCUT2D eigenvalue weighted by molar-refractivity contribution is 6.22. The molecule has 0 radical (unpaired) electrons. The molecule has 9 nitrogen and oxygen atoms in total. The molecule has 5 rings (SSSR count). The third-order valence-corrected chi connectivity index (χ3v) is 6.80. The number of benzene rings is 1. The van der Waals surface area contributed by atoms with Gasteiger partial charge in [-0.15, -0.1) is 10.2 Å². The molecule has 1 atom stereocenters. The summed E-state index contributed by atoms with van der Waals surface area (Å²) >= 11 is 0. The van der Waals surface area contributed by atoms with Crippen LogP contribution in [0.25, 0.3) is 0 Å². The van der Waals surface area contributed by atoms with Gasteiger partial charge in [0.25, 0.3) is 11.8 Å². The number of imide groups is 1. The predicted molar refractivity (Wildman–Crippen MR) is 123 cm³/mol. The van der Waals surface area contributed by atoms with Gasteiger partial charge in [0.05, 0.1) is 11.1 Å². The third kappa shape index (κ3) is 3.92. The first-order valence-electron chi connectivity index (χ1n) is 11.6. The summed E-state index contributed by atoms with van der Waals surface area (Å²) in [6.07, 6.45) is 3.66. The van der Waals surface area contributed by atoms with Gasteiger partial charge in [0.15, 0.2) is 11.6 Å². The molecule has 0 bridgehead atoms. The predicted octanol–water partition coefficient (Wildman–Crippen LogP) is 1.80. The van der Waals surface area contributed by atoms with Crippen LogP contribution in [0.15, 0.2) is 36.4 Å². The van der Waals surface area contributed by atoms with Gasteiger partial charge in [-0.3, -0.25) is 19.3 Å². The van der Waals surface area contributed by atoms with E-state index in [0.717, 1.165) is 29.6 Å². The number of nitrogens with zero attached hydrogens (tertiary/aromatic N) is 6. The topological polar surface area (TPSA) is 90.0 Å². The Kier molecular flexibility index (Phi) is 5.70. The van der Waals surface area contributed by atoms with Crippen molar-refractivity contribution < 1.29 is 14.4 Å². The smallest absolute Gasteiger partial charge is 0.262 e. The first kappa shape index (κ1) is 21.4. The molecule has 1 aromatic heterocycles. The summed E-state index contributed by atoms with van der Waals surface area (Å²) in [6.45, 7) is 5.93. The van der Waals surface area contributed by atoms with Gasteiger partial charge in [0.1, 0.15) is 6.04 Å². The molecule has 0 N–H and O–H groups in total. The number of carbonyl (C=O) groups excluding carboxylic acids is 3. The van der Waals surface area contributed by atoms with Crippen LogP contribution >= 0.6 is 0 Å². The Labute approximate surface area is 193 Å². The molecular weight excluding hydrogens is 420 g/mol. The zero-order valence-electron chi connectivity index (χ0n) is 18.8. The minimum atomic E-state index is -0.840. The van der Waals surface area contributed by atoms with Crippen molar-refractivity contribution in [1.29, 1.82) is 0 Å². The van der Waals surface area contributed by atoms with E-state index >= 15 is 0 Å². The molecule has 2 saturated heterocycles. The molecule has 3 aliphatic rings. The lowest BCUT2D eigenvalue weighted by molar-refractivity contribution is -0.135. The molecule has 1 unspecified atom stereocenters. The van der Waals surface area contributed by atoms with Crippen LogP contribution in [0.1, 0.15) is 46.9 Å². The monoisotopic (exact) mass is 448 g/mol. The molecule has 172 valence electrons. The number of anilines is 2. The maximum Gasteiger partial charge on any atom is 0.262 e. The average Bonchev–Trinajstić information content (AvgIpc) is 3.14. The summed E-state index contributed by atoms with van der Waals surface area (Å²) < 4.78 is 0. The van der Waals surface area contributed by atoms with Gasteiger partial charge in [0, 0.05) is 39.3 Å². The van der Waals surface area contributed by atoms with Gasteiger partial charge in [-0.05, 0) is 50.5 Å². The Morgan fingerprint density at radius 3 is 1.79 bits per heavy atom. The van der Waals surface area contributed by atoms with Crippen LogP contribution in [-0.4, -0.2) is 83.0 Å². The standard InChI is InChI=1S/C24H28N6O3/c1-17(30-23(32)18-7-3-4-8-19(18)24(30)33)22(31)29-15-13-28(14-16-29)21-10-9-20(25-26-21)27-11-5-2-6-12-27/h3-4,7-10,17H,2,5-6,11-16H2,1H3. The molecule has 4 heterocycles. The summed E-state index contributed by atoms with van der Waals surface area (Å²) in [5.74, 6) is 0.701. The summed E-state index contributed by atoms with van der Waals surface area (Å²) in [4.78, 5) is 45.8. The van der Waals surface area contributed by atoms with Crippen LogP contribution in [-0.2, 0) is 4.79 Å². The van der Waals surface area contributed by atoms with E-state index in [1.807, 2.05) is 12.1 Å². The lowest BCUT2D eigenvalue weighted by Crippen LogP contribution is -2.55. The summed E-state index contributed by atoms with van der Waals surface area (Å²) in [7, 11) is 0. The van der Waals surface area contributed by atoms with Crippen LogP contribution in [0.3, 0.4) is 0 Å². The SMILES string of the molecule is CC(C(=O)N1CCN(c2ccc(N3CCCCC3)nn2)CC1)N1C(=O)c2ccccc2C1=O. The van der Waals surface area contributed by atoms with Crippen molar-refractivity contribution >= 4 is 29.4 Å². The fourth-order valence-corrected chi connectivity index (χ4v) is 4.87. The van der Waals surface area contributed by atoms with Crippen LogP contribution in [0.2, 0.25) is 0 Å². The Balaban J connectivity index is 1.19. The van der Waals surface area contributed by atoms with Gasteiger partial charge in [-0.1, -0.05) is 12.1 Å². The van der Waals surface area contributed by atoms with Crippen molar-refractivity contribution in [3.05, 3.63) is 47.5 Å². The molecule has 3 aliphatic heterocycles. The normalized spacial score (nSPS) is 19.7. The quantitative estimate of drug-likeness (QED) is 0.659. The van der Waals surface area contributed by atoms with Crippen molar-refractivity contribution in [2.24, 2.45) is 0 Å². The van der Waals surface area contributed by atoms with Gasteiger partial charge in [0.2, 0.25) is 5.91 Å². The first-order chi connectivity index (χ1) is 16.0. The summed E-state index contributed by atoms with van der Waals surface area (Å²) in [5.41, 5.74) is 0.720. The lowest BCUT2D eigenvalue weighted by atomic mass is 10.1. The van der Waals surface area contributed by atoms with Crippen LogP contribution in [0, 0.1) is 0 Å². The molecule has 0 spiro atoms. The van der Waals surface area contributed by atoms with E-state index in [-0.39, 0.29) is 5.91 Å². The number of hydrogen-bond acceptors (Lipinski definition) is 7. The Bertz CT molecular complexity index is 1020. The number of piperidine rings is 1. The average molecular weight is 449 g/mol. The van der Waals surface area contributed by atoms with E-state index < -0.39 is 17.9 Å². The highest BCUT2D eigenvalue weighted by Crippen LogP contribution is 2.26. The van der Waals surface area contributed by atoms with Crippen LogP contribution in [0.4, 0.5) is 11.6 Å². The lowest BCUT2D eigenvalue weighted by Gasteiger charge is -2.37. The van der Waals surface area contributed by atoms with Gasteiger partial charge < -0.3 is 14.7 Å². The maximum atomic E-state index is 13.1. The second kappa shape index (κ2) is 8.80. The molecule has 3 amide bonds. The number of piperazine rings is 1. The van der Waals surface area contributed by atoms with Crippen molar-refractivity contribution in [2.45, 2.75) is 32.2 Å². The number of fused-ring (bicyclic) bond motifs is 1. The molecule has 0 saturated carbocycles. The van der Waals surface area contributed by atoms with Gasteiger partial charge >= 0.3 is 0 Å². The zero-order valence-corrected chi connectivity index (χ0v) is 18.8. The maximum absolute atomic E-state index is 13.1. The van der Waals surface area contributed by atoms with Crippen molar-refractivity contribution in [3.63, 3.8) is 0 Å². The molecule has 1 aromatic carbocycles. The van der Waals surface area contributed by atoms with E-state index in [0.29, 0.717) is 37.3 Å². The van der Waals surface area contributed by atoms with E-state index in [1.54, 1.807) is 36.1 Å². The molecule has 9 heteroatoms. The van der Waals surface area contributed by atoms with Crippen molar-refractivity contribution in [2.75, 3.05) is 49.1 Å². The minimum Gasteiger partial charge on any atom is -0.355 e. The summed E-state index contributed by atoms with van der Waals surface area (Å²) in [5, 5.41) is 8.84. The number of rotatable bonds is 4. The van der Waals surface area contributed by atoms with Crippen molar-refractivity contribution in [1.82, 2.24) is 20.0 Å². The molecule has 2 fully saturated rings. The molecule has 0 aliphatic carbocycles. The number of amides is 3. The van der Waals surface area contributed by atoms with E-state index in [9.17, 15) is 14.4 Å². The Morgan fingerprint density at radius 2 is 1.27 bits per heavy atom. The second-order valence-corrected chi connectivity index (χ2v) is 8.81. The van der Waals surface area contributed by atoms with E-state index in [2.05, 4.69) is 20.0 Å². The van der Waals surface area contributed by atoms with Gasteiger partial charge in [-0.2, -0.15) is 0 Å². The number of carbonyl (C=O) groups is 3. The van der Waals surface area contributed by atoms with Crippen molar-refractivity contribution in [3.8, 4) is 0 Å². The highest BCUT2D eigenvalue weighted by Gasteiger charge is 2.42. The number of hydrogen-bond donors (Lipinski definition) is 0. The molecular formula is C24H28N6O3. The van der Waals surface area contributed by atoms with Gasteiger partial charge in [-0.25, -0.2) is 0 Å². The van der Waals surface area contributed by atoms with Crippen LogP contribution < -0.4 is 9.80 Å². The number of aromatic nitrogens is 2. The Morgan fingerprint density at radius 1 is 0.758 bits per heavy atom. The van der Waals surface area contributed by atoms with Crippen LogP contribution in [0.5, 0.6) is 0 Å². The zero-order chi connectivity index (χ0) is 22.9. The fourth-order valence-electron chi connectivity index (χ4n) is 4.87. The minimum absolute atomic E-state index is 0.212.